The summed E-state index contributed by atoms with van der Waals surface area (Å²) in [6.45, 7) is 0. The van der Waals surface area contributed by atoms with Crippen molar-refractivity contribution in [2.24, 2.45) is 0 Å². The molecule has 3 aromatic rings. The summed E-state index contributed by atoms with van der Waals surface area (Å²) in [6.07, 6.45) is 1.18. The van der Waals surface area contributed by atoms with E-state index in [2.05, 4.69) is 19.9 Å². The fraction of sp³-hybridized carbons (Fsp3) is 0. The van der Waals surface area contributed by atoms with Gasteiger partial charge in [-0.25, -0.2) is 9.97 Å². The average Bonchev–Trinajstić information content (AvgIpc) is 2.84. The van der Waals surface area contributed by atoms with Crippen LogP contribution in [0, 0.1) is 10.1 Å². The lowest BCUT2D eigenvalue weighted by Crippen LogP contribution is -2.05. The van der Waals surface area contributed by atoms with E-state index in [1.807, 2.05) is 0 Å². The number of non-ortho nitro benzene ring substituents is 1. The van der Waals surface area contributed by atoms with E-state index in [1.165, 1.54) is 6.33 Å². The number of aromatic amines is 2. The first-order valence-corrected chi connectivity index (χ1v) is 5.45. The van der Waals surface area contributed by atoms with Crippen LogP contribution >= 0.6 is 0 Å². The van der Waals surface area contributed by atoms with Crippen molar-refractivity contribution in [3.05, 3.63) is 45.0 Å². The van der Waals surface area contributed by atoms with Crippen LogP contribution in [0.4, 0.5) is 5.69 Å². The largest absolute Gasteiger partial charge is 0.872 e. The number of nitro benzene ring substituents is 1. The number of hydrogen-bond acceptors (Lipinski definition) is 6. The molecule has 20 heavy (non-hydrogen) atoms. The lowest BCUT2D eigenvalue weighted by Gasteiger charge is -2.10. The predicted molar refractivity (Wildman–Crippen MR) is 66.0 cm³/mol. The van der Waals surface area contributed by atoms with Crippen LogP contribution in [0.3, 0.4) is 0 Å². The van der Waals surface area contributed by atoms with E-state index < -0.39 is 16.2 Å². The van der Waals surface area contributed by atoms with Gasteiger partial charge in [0.15, 0.2) is 11.2 Å². The molecule has 3 rings (SSSR count). The number of nitrogens with zero attached hydrogens (tertiary/aromatic N) is 3. The Kier molecular flexibility index (Phi) is 2.46. The monoisotopic (exact) mass is 272 g/mol. The lowest BCUT2D eigenvalue weighted by atomic mass is 10.1. The molecular formula is C11H6N5O4-. The number of H-pyrrole nitrogens is 2. The molecule has 0 unspecified atom stereocenters. The Balaban J connectivity index is 2.25. The molecule has 0 bridgehead atoms. The van der Waals surface area contributed by atoms with Gasteiger partial charge >= 0.3 is 0 Å². The topological polar surface area (TPSA) is 141 Å². The third kappa shape index (κ3) is 1.77. The fourth-order valence-corrected chi connectivity index (χ4v) is 1.78. The summed E-state index contributed by atoms with van der Waals surface area (Å²) >= 11 is 0. The van der Waals surface area contributed by atoms with E-state index in [4.69, 9.17) is 0 Å². The van der Waals surface area contributed by atoms with E-state index in [0.29, 0.717) is 0 Å². The summed E-state index contributed by atoms with van der Waals surface area (Å²) in [5.74, 6) is -0.371. The van der Waals surface area contributed by atoms with Gasteiger partial charge in [0.1, 0.15) is 5.82 Å². The highest BCUT2D eigenvalue weighted by Crippen LogP contribution is 2.29. The summed E-state index contributed by atoms with van der Waals surface area (Å²) in [5.41, 5.74) is -0.423. The van der Waals surface area contributed by atoms with Gasteiger partial charge < -0.3 is 15.1 Å². The molecule has 0 atom stereocenters. The number of benzene rings is 1. The Morgan fingerprint density at radius 3 is 2.80 bits per heavy atom. The second-order valence-corrected chi connectivity index (χ2v) is 3.95. The number of aromatic nitrogens is 4. The number of imidazole rings is 1. The molecule has 0 aliphatic carbocycles. The maximum absolute atomic E-state index is 11.8. The van der Waals surface area contributed by atoms with E-state index >= 15 is 0 Å². The smallest absolute Gasteiger partial charge is 0.276 e. The number of nitrogens with one attached hydrogen (secondary N) is 2. The Labute approximate surface area is 110 Å². The summed E-state index contributed by atoms with van der Waals surface area (Å²) in [7, 11) is 0. The second-order valence-electron chi connectivity index (χ2n) is 3.95. The molecule has 0 amide bonds. The quantitative estimate of drug-likeness (QED) is 0.507. The van der Waals surface area contributed by atoms with Gasteiger partial charge in [-0.1, -0.05) is 11.8 Å². The highest BCUT2D eigenvalue weighted by molar-refractivity contribution is 5.77. The van der Waals surface area contributed by atoms with Crippen molar-refractivity contribution in [3.63, 3.8) is 0 Å². The highest BCUT2D eigenvalue weighted by Gasteiger charge is 2.13. The van der Waals surface area contributed by atoms with Gasteiger partial charge in [-0.05, 0) is 0 Å². The maximum Gasteiger partial charge on any atom is 0.276 e. The standard InChI is InChI=1S/C11H7N5O4/c17-7-2-1-5(16(19)20)3-6(7)9-14-8-10(15-9)12-4-13-11(8)18/h1-4,17H,(H2,12,13,14,15,18)/p-1. The molecule has 0 fully saturated rings. The Morgan fingerprint density at radius 1 is 1.30 bits per heavy atom. The van der Waals surface area contributed by atoms with Crippen molar-refractivity contribution < 1.29 is 10.0 Å². The fourth-order valence-electron chi connectivity index (χ4n) is 1.78. The molecule has 2 aromatic heterocycles. The van der Waals surface area contributed by atoms with E-state index in [-0.39, 0.29) is 28.2 Å². The zero-order valence-corrected chi connectivity index (χ0v) is 9.78. The highest BCUT2D eigenvalue weighted by atomic mass is 16.6. The molecule has 100 valence electrons. The molecule has 9 nitrogen and oxygen atoms in total. The van der Waals surface area contributed by atoms with Crippen LogP contribution in [0.5, 0.6) is 5.75 Å². The summed E-state index contributed by atoms with van der Waals surface area (Å²) in [4.78, 5) is 34.5. The first-order chi connectivity index (χ1) is 9.56. The average molecular weight is 272 g/mol. The van der Waals surface area contributed by atoms with Crippen LogP contribution in [0.2, 0.25) is 0 Å². The maximum atomic E-state index is 11.8. The summed E-state index contributed by atoms with van der Waals surface area (Å²) in [6, 6.07) is 3.30. The van der Waals surface area contributed by atoms with Crippen LogP contribution in [0.25, 0.3) is 22.6 Å². The molecule has 0 saturated heterocycles. The van der Waals surface area contributed by atoms with Crippen molar-refractivity contribution in [2.45, 2.75) is 0 Å². The van der Waals surface area contributed by atoms with E-state index in [0.717, 1.165) is 18.2 Å². The Morgan fingerprint density at radius 2 is 2.10 bits per heavy atom. The van der Waals surface area contributed by atoms with E-state index in [9.17, 15) is 20.0 Å². The van der Waals surface area contributed by atoms with Crippen LogP contribution in [-0.4, -0.2) is 24.9 Å². The molecule has 9 heteroatoms. The van der Waals surface area contributed by atoms with Crippen LogP contribution in [0.15, 0.2) is 29.3 Å². The van der Waals surface area contributed by atoms with Gasteiger partial charge in [-0.3, -0.25) is 14.9 Å². The first kappa shape index (κ1) is 11.8. The summed E-state index contributed by atoms with van der Waals surface area (Å²) < 4.78 is 0. The zero-order chi connectivity index (χ0) is 14.3. The minimum absolute atomic E-state index is 0.0107. The van der Waals surface area contributed by atoms with E-state index in [1.54, 1.807) is 0 Å². The van der Waals surface area contributed by atoms with Crippen LogP contribution in [0.1, 0.15) is 0 Å². The molecular weight excluding hydrogens is 266 g/mol. The second kappa shape index (κ2) is 4.16. The molecule has 0 aliphatic heterocycles. The van der Waals surface area contributed by atoms with Gasteiger partial charge in [-0.15, -0.1) is 0 Å². The number of nitro groups is 1. The third-order valence-corrected chi connectivity index (χ3v) is 2.72. The SMILES string of the molecule is O=c1[nH]cnc2nc(-c3cc([N+](=O)[O-])ccc3[O-])[nH]c12. The van der Waals surface area contributed by atoms with Crippen molar-refractivity contribution in [2.75, 3.05) is 0 Å². The van der Waals surface area contributed by atoms with Crippen molar-refractivity contribution in [3.8, 4) is 17.1 Å². The van der Waals surface area contributed by atoms with Crippen LogP contribution in [-0.2, 0) is 0 Å². The van der Waals surface area contributed by atoms with Crippen molar-refractivity contribution in [1.29, 1.82) is 0 Å². The van der Waals surface area contributed by atoms with Gasteiger partial charge in [0.25, 0.3) is 11.2 Å². The molecule has 2 N–H and O–H groups in total. The Hall–Kier alpha value is -3.23. The molecule has 0 spiro atoms. The zero-order valence-electron chi connectivity index (χ0n) is 9.78. The molecule has 2 heterocycles. The molecule has 0 radical (unpaired) electrons. The number of hydrogen-bond donors (Lipinski definition) is 2. The summed E-state index contributed by atoms with van der Waals surface area (Å²) in [5, 5.41) is 22.5. The third-order valence-electron chi connectivity index (χ3n) is 2.72. The minimum Gasteiger partial charge on any atom is -0.872 e. The van der Waals surface area contributed by atoms with Crippen LogP contribution < -0.4 is 10.7 Å². The predicted octanol–water partition coefficient (Wildman–Crippen LogP) is 0.295. The van der Waals surface area contributed by atoms with Gasteiger partial charge in [-0.2, -0.15) is 0 Å². The minimum atomic E-state index is -0.614. The lowest BCUT2D eigenvalue weighted by molar-refractivity contribution is -0.385. The van der Waals surface area contributed by atoms with Gasteiger partial charge in [0.2, 0.25) is 0 Å². The Bertz CT molecular complexity index is 882. The van der Waals surface area contributed by atoms with Crippen molar-refractivity contribution >= 4 is 16.9 Å². The number of rotatable bonds is 2. The van der Waals surface area contributed by atoms with Crippen molar-refractivity contribution in [1.82, 2.24) is 19.9 Å². The number of fused-ring (bicyclic) bond motifs is 1. The molecule has 0 saturated carbocycles. The van der Waals surface area contributed by atoms with Gasteiger partial charge in [0, 0.05) is 17.7 Å². The van der Waals surface area contributed by atoms with Gasteiger partial charge in [0.05, 0.1) is 11.3 Å². The molecule has 1 aromatic carbocycles. The first-order valence-electron chi connectivity index (χ1n) is 5.45. The molecule has 0 aliphatic rings. The normalized spacial score (nSPS) is 10.8.